The molecule has 2 saturated heterocycles. The van der Waals surface area contributed by atoms with E-state index in [4.69, 9.17) is 4.74 Å². The van der Waals surface area contributed by atoms with Crippen LogP contribution < -0.4 is 0 Å². The van der Waals surface area contributed by atoms with E-state index in [1.165, 1.54) is 19.3 Å². The van der Waals surface area contributed by atoms with Crippen LogP contribution in [0.5, 0.6) is 0 Å². The maximum atomic E-state index is 11.6. The molecule has 0 aromatic rings. The quantitative estimate of drug-likeness (QED) is 0.629. The van der Waals surface area contributed by atoms with Crippen LogP contribution in [0.1, 0.15) is 58.8 Å². The monoisotopic (exact) mass is 222 g/mol. The molecule has 0 aromatic heterocycles. The van der Waals surface area contributed by atoms with Crippen molar-refractivity contribution in [3.63, 3.8) is 0 Å². The average molecular weight is 222 g/mol. The van der Waals surface area contributed by atoms with Crippen LogP contribution in [0.25, 0.3) is 0 Å². The molecule has 2 heteroatoms. The molecule has 3 aliphatic rings. The van der Waals surface area contributed by atoms with E-state index >= 15 is 0 Å². The molecule has 2 aliphatic heterocycles. The average Bonchev–Trinajstić information content (AvgIpc) is 2.40. The molecular formula is C14H22O2. The SMILES string of the molecule is CC12CC[C@](C)(CC3CCC(=O)CC3C1)O2. The van der Waals surface area contributed by atoms with E-state index in [0.717, 1.165) is 31.6 Å². The predicted octanol–water partition coefficient (Wildman–Crippen LogP) is 3.09. The fourth-order valence-electron chi connectivity index (χ4n) is 4.27. The number of hydrogen-bond donors (Lipinski definition) is 0. The molecule has 3 rings (SSSR count). The fraction of sp³-hybridized carbons (Fsp3) is 0.929. The van der Waals surface area contributed by atoms with E-state index in [9.17, 15) is 4.79 Å². The molecule has 2 bridgehead atoms. The molecule has 0 amide bonds. The van der Waals surface area contributed by atoms with Crippen LogP contribution >= 0.6 is 0 Å². The Hall–Kier alpha value is -0.370. The number of fused-ring (bicyclic) bond motifs is 3. The first-order chi connectivity index (χ1) is 7.48. The largest absolute Gasteiger partial charge is 0.369 e. The highest BCUT2D eigenvalue weighted by molar-refractivity contribution is 5.79. The third-order valence-electron chi connectivity index (χ3n) is 5.01. The molecule has 90 valence electrons. The van der Waals surface area contributed by atoms with Gasteiger partial charge in [-0.15, -0.1) is 0 Å². The van der Waals surface area contributed by atoms with E-state index in [0.29, 0.717) is 11.7 Å². The molecule has 0 aromatic carbocycles. The molecule has 2 heterocycles. The van der Waals surface area contributed by atoms with Crippen molar-refractivity contribution in [1.82, 2.24) is 0 Å². The lowest BCUT2D eigenvalue weighted by atomic mass is 9.68. The summed E-state index contributed by atoms with van der Waals surface area (Å²) in [5.41, 5.74) is 0.167. The highest BCUT2D eigenvalue weighted by Gasteiger charge is 2.51. The summed E-state index contributed by atoms with van der Waals surface area (Å²) in [6.07, 6.45) is 7.42. The van der Waals surface area contributed by atoms with E-state index in [1.807, 2.05) is 0 Å². The summed E-state index contributed by atoms with van der Waals surface area (Å²) in [6.45, 7) is 4.52. The van der Waals surface area contributed by atoms with Crippen molar-refractivity contribution < 1.29 is 9.53 Å². The van der Waals surface area contributed by atoms with Crippen LogP contribution in [0.15, 0.2) is 0 Å². The Labute approximate surface area is 97.7 Å². The molecule has 0 spiro atoms. The maximum absolute atomic E-state index is 11.6. The van der Waals surface area contributed by atoms with Gasteiger partial charge in [0.1, 0.15) is 5.78 Å². The van der Waals surface area contributed by atoms with Crippen molar-refractivity contribution in [2.75, 3.05) is 0 Å². The van der Waals surface area contributed by atoms with Gasteiger partial charge in [-0.05, 0) is 57.8 Å². The third kappa shape index (κ3) is 1.71. The van der Waals surface area contributed by atoms with Gasteiger partial charge in [-0.1, -0.05) is 0 Å². The second kappa shape index (κ2) is 3.32. The van der Waals surface area contributed by atoms with Crippen LogP contribution in [0.2, 0.25) is 0 Å². The first-order valence-corrected chi connectivity index (χ1v) is 6.70. The second-order valence-electron chi connectivity index (χ2n) is 6.71. The van der Waals surface area contributed by atoms with Gasteiger partial charge < -0.3 is 4.74 Å². The molecule has 4 atom stereocenters. The van der Waals surface area contributed by atoms with Crippen LogP contribution in [-0.2, 0) is 9.53 Å². The Kier molecular flexibility index (Phi) is 2.23. The van der Waals surface area contributed by atoms with Crippen LogP contribution in [-0.4, -0.2) is 17.0 Å². The van der Waals surface area contributed by atoms with E-state index in [1.54, 1.807) is 0 Å². The van der Waals surface area contributed by atoms with Gasteiger partial charge in [0.05, 0.1) is 11.2 Å². The first-order valence-electron chi connectivity index (χ1n) is 6.70. The van der Waals surface area contributed by atoms with Crippen molar-refractivity contribution in [2.45, 2.75) is 70.0 Å². The van der Waals surface area contributed by atoms with Gasteiger partial charge in [0.15, 0.2) is 0 Å². The van der Waals surface area contributed by atoms with Crippen molar-refractivity contribution in [1.29, 1.82) is 0 Å². The zero-order valence-electron chi connectivity index (χ0n) is 10.4. The minimum atomic E-state index is 0.0613. The van der Waals surface area contributed by atoms with Crippen molar-refractivity contribution in [3.8, 4) is 0 Å². The van der Waals surface area contributed by atoms with Gasteiger partial charge in [-0.2, -0.15) is 0 Å². The van der Waals surface area contributed by atoms with Gasteiger partial charge >= 0.3 is 0 Å². The minimum absolute atomic E-state index is 0.0613. The number of hydrogen-bond acceptors (Lipinski definition) is 2. The standard InChI is InChI=1S/C14H22O2/c1-13-5-6-14(2,16-13)9-11-7-12(15)4-3-10(11)8-13/h10-11H,3-9H2,1-2H3/t10?,11?,13-,14?/m1/s1. The van der Waals surface area contributed by atoms with Crippen molar-refractivity contribution in [2.24, 2.45) is 11.8 Å². The Morgan fingerprint density at radius 2 is 1.75 bits per heavy atom. The number of carbonyl (C=O) groups excluding carboxylic acids is 1. The Morgan fingerprint density at radius 1 is 1.12 bits per heavy atom. The molecule has 16 heavy (non-hydrogen) atoms. The number of Topliss-reactive ketones (excluding diaryl/α,β-unsaturated/α-hetero) is 1. The third-order valence-corrected chi connectivity index (χ3v) is 5.01. The Morgan fingerprint density at radius 3 is 2.44 bits per heavy atom. The van der Waals surface area contributed by atoms with Gasteiger partial charge in [0.2, 0.25) is 0 Å². The lowest BCUT2D eigenvalue weighted by Gasteiger charge is -2.34. The topological polar surface area (TPSA) is 26.3 Å². The lowest BCUT2D eigenvalue weighted by Crippen LogP contribution is -2.32. The normalized spacial score (nSPS) is 52.2. The van der Waals surface area contributed by atoms with Gasteiger partial charge in [0, 0.05) is 12.8 Å². The smallest absolute Gasteiger partial charge is 0.133 e. The molecule has 3 unspecified atom stereocenters. The summed E-state index contributed by atoms with van der Waals surface area (Å²) >= 11 is 0. The van der Waals surface area contributed by atoms with E-state index in [-0.39, 0.29) is 11.2 Å². The van der Waals surface area contributed by atoms with Gasteiger partial charge in [-0.25, -0.2) is 0 Å². The molecule has 3 fully saturated rings. The highest BCUT2D eigenvalue weighted by atomic mass is 16.5. The van der Waals surface area contributed by atoms with Crippen LogP contribution in [0.3, 0.4) is 0 Å². The lowest BCUT2D eigenvalue weighted by molar-refractivity contribution is -0.123. The summed E-state index contributed by atoms with van der Waals surface area (Å²) in [4.78, 5) is 11.6. The van der Waals surface area contributed by atoms with Crippen molar-refractivity contribution >= 4 is 5.78 Å². The highest BCUT2D eigenvalue weighted by Crippen LogP contribution is 2.52. The molecule has 0 radical (unpaired) electrons. The summed E-state index contributed by atoms with van der Waals surface area (Å²) in [5.74, 6) is 1.82. The molecule has 2 nitrogen and oxygen atoms in total. The summed E-state index contributed by atoms with van der Waals surface area (Å²) in [5, 5.41) is 0. The summed E-state index contributed by atoms with van der Waals surface area (Å²) in [6, 6.07) is 0. The van der Waals surface area contributed by atoms with Gasteiger partial charge in [-0.3, -0.25) is 4.79 Å². The van der Waals surface area contributed by atoms with E-state index in [2.05, 4.69) is 13.8 Å². The molecular weight excluding hydrogens is 200 g/mol. The maximum Gasteiger partial charge on any atom is 0.133 e. The summed E-state index contributed by atoms with van der Waals surface area (Å²) in [7, 11) is 0. The Bertz CT molecular complexity index is 325. The fourth-order valence-corrected chi connectivity index (χ4v) is 4.27. The Balaban J connectivity index is 1.86. The number of carbonyl (C=O) groups is 1. The second-order valence-corrected chi connectivity index (χ2v) is 6.71. The molecule has 1 aliphatic carbocycles. The van der Waals surface area contributed by atoms with Crippen LogP contribution in [0, 0.1) is 11.8 Å². The number of ether oxygens (including phenoxy) is 1. The molecule has 1 saturated carbocycles. The number of rotatable bonds is 0. The zero-order valence-corrected chi connectivity index (χ0v) is 10.4. The number of ketones is 1. The summed E-state index contributed by atoms with van der Waals surface area (Å²) < 4.78 is 6.31. The predicted molar refractivity (Wildman–Crippen MR) is 62.2 cm³/mol. The van der Waals surface area contributed by atoms with Gasteiger partial charge in [0.25, 0.3) is 0 Å². The van der Waals surface area contributed by atoms with Crippen LogP contribution in [0.4, 0.5) is 0 Å². The minimum Gasteiger partial charge on any atom is -0.369 e. The first kappa shape index (κ1) is 10.8. The van der Waals surface area contributed by atoms with Crippen molar-refractivity contribution in [3.05, 3.63) is 0 Å². The zero-order chi connectivity index (χ0) is 11.4. The molecule has 0 N–H and O–H groups in total. The van der Waals surface area contributed by atoms with E-state index < -0.39 is 0 Å².